The number of aromatic carboxylic acids is 1. The molecule has 0 bridgehead atoms. The second-order valence-corrected chi connectivity index (χ2v) is 3.96. The fraction of sp³-hybridized carbons (Fsp3) is 0.636. The molecular formula is C11H15NO3. The summed E-state index contributed by atoms with van der Waals surface area (Å²) < 4.78 is 5.23. The first-order chi connectivity index (χ1) is 7.22. The molecule has 0 aliphatic heterocycles. The van der Waals surface area contributed by atoms with Crippen LogP contribution in [0.25, 0.3) is 0 Å². The van der Waals surface area contributed by atoms with Crippen molar-refractivity contribution in [1.29, 1.82) is 0 Å². The van der Waals surface area contributed by atoms with Crippen molar-refractivity contribution in [3.63, 3.8) is 0 Å². The van der Waals surface area contributed by atoms with E-state index in [0.717, 1.165) is 25.7 Å². The zero-order chi connectivity index (χ0) is 10.8. The van der Waals surface area contributed by atoms with Crippen LogP contribution < -0.4 is 0 Å². The van der Waals surface area contributed by atoms with E-state index in [9.17, 15) is 4.79 Å². The van der Waals surface area contributed by atoms with Crippen molar-refractivity contribution >= 4 is 5.97 Å². The fourth-order valence-electron chi connectivity index (χ4n) is 2.16. The van der Waals surface area contributed by atoms with Crippen LogP contribution in [0.5, 0.6) is 0 Å². The average molecular weight is 209 g/mol. The van der Waals surface area contributed by atoms with Gasteiger partial charge in [-0.25, -0.2) is 9.78 Å². The minimum atomic E-state index is -0.996. The Bertz CT molecular complexity index is 364. The molecule has 15 heavy (non-hydrogen) atoms. The first-order valence-electron chi connectivity index (χ1n) is 5.45. The van der Waals surface area contributed by atoms with Gasteiger partial charge in [0, 0.05) is 12.3 Å². The molecule has 0 saturated heterocycles. The van der Waals surface area contributed by atoms with Gasteiger partial charge in [-0.2, -0.15) is 0 Å². The molecule has 82 valence electrons. The standard InChI is InChI=1S/C11H15NO3/c1-2-8-12-9(7-5-3-4-6-7)10(15-8)11(13)14/h7H,2-6H2,1H3,(H,13,14). The second-order valence-electron chi connectivity index (χ2n) is 3.96. The SMILES string of the molecule is CCc1nc(C2CCCC2)c(C(=O)O)o1. The van der Waals surface area contributed by atoms with E-state index in [1.807, 2.05) is 6.92 Å². The predicted octanol–water partition coefficient (Wildman–Crippen LogP) is 2.59. The van der Waals surface area contributed by atoms with Crippen molar-refractivity contribution < 1.29 is 14.3 Å². The molecule has 4 nitrogen and oxygen atoms in total. The van der Waals surface area contributed by atoms with E-state index in [0.29, 0.717) is 23.9 Å². The molecule has 2 rings (SSSR count). The van der Waals surface area contributed by atoms with E-state index in [1.165, 1.54) is 0 Å². The van der Waals surface area contributed by atoms with Gasteiger partial charge in [0.15, 0.2) is 5.89 Å². The lowest BCUT2D eigenvalue weighted by atomic mass is 10.0. The first-order valence-corrected chi connectivity index (χ1v) is 5.45. The van der Waals surface area contributed by atoms with E-state index in [-0.39, 0.29) is 5.76 Å². The largest absolute Gasteiger partial charge is 0.475 e. The Morgan fingerprint density at radius 1 is 1.53 bits per heavy atom. The molecule has 0 aromatic carbocycles. The number of oxazole rings is 1. The molecule has 0 radical (unpaired) electrons. The van der Waals surface area contributed by atoms with Gasteiger partial charge in [-0.05, 0) is 12.8 Å². The first kappa shape index (κ1) is 10.2. The molecule has 1 aliphatic carbocycles. The van der Waals surface area contributed by atoms with E-state index < -0.39 is 5.97 Å². The lowest BCUT2D eigenvalue weighted by molar-refractivity contribution is 0.0658. The van der Waals surface area contributed by atoms with E-state index in [4.69, 9.17) is 9.52 Å². The smallest absolute Gasteiger partial charge is 0.373 e. The summed E-state index contributed by atoms with van der Waals surface area (Å²) >= 11 is 0. The zero-order valence-electron chi connectivity index (χ0n) is 8.82. The molecule has 1 aliphatic rings. The van der Waals surface area contributed by atoms with Crippen LogP contribution in [-0.2, 0) is 6.42 Å². The van der Waals surface area contributed by atoms with Crippen LogP contribution in [0.15, 0.2) is 4.42 Å². The van der Waals surface area contributed by atoms with Crippen molar-refractivity contribution in [1.82, 2.24) is 4.98 Å². The Kier molecular flexibility index (Phi) is 2.75. The molecule has 0 spiro atoms. The topological polar surface area (TPSA) is 63.3 Å². The Labute approximate surface area is 88.3 Å². The molecule has 0 atom stereocenters. The van der Waals surface area contributed by atoms with Crippen LogP contribution in [0.4, 0.5) is 0 Å². The number of hydrogen-bond donors (Lipinski definition) is 1. The summed E-state index contributed by atoms with van der Waals surface area (Å²) in [7, 11) is 0. The third-order valence-electron chi connectivity index (χ3n) is 2.94. The molecular weight excluding hydrogens is 194 g/mol. The molecule has 1 N–H and O–H groups in total. The minimum Gasteiger partial charge on any atom is -0.475 e. The Hall–Kier alpha value is -1.32. The van der Waals surface area contributed by atoms with Crippen molar-refractivity contribution in [2.45, 2.75) is 44.9 Å². The fourth-order valence-corrected chi connectivity index (χ4v) is 2.16. The minimum absolute atomic E-state index is 0.0544. The second kappa shape index (κ2) is 4.04. The van der Waals surface area contributed by atoms with Gasteiger partial charge in [0.2, 0.25) is 5.76 Å². The van der Waals surface area contributed by atoms with E-state index >= 15 is 0 Å². The van der Waals surface area contributed by atoms with Gasteiger partial charge in [0.25, 0.3) is 0 Å². The average Bonchev–Trinajstić information content (AvgIpc) is 2.86. The van der Waals surface area contributed by atoms with Crippen molar-refractivity contribution in [3.05, 3.63) is 17.3 Å². The van der Waals surface area contributed by atoms with Crippen LogP contribution in [0.1, 0.15) is 60.7 Å². The van der Waals surface area contributed by atoms with Gasteiger partial charge >= 0.3 is 5.97 Å². The van der Waals surface area contributed by atoms with Crippen LogP contribution in [0, 0.1) is 0 Å². The molecule has 1 aromatic heterocycles. The maximum atomic E-state index is 11.0. The maximum Gasteiger partial charge on any atom is 0.373 e. The summed E-state index contributed by atoms with van der Waals surface area (Å²) in [4.78, 5) is 15.3. The Balaban J connectivity index is 2.34. The number of hydrogen-bond acceptors (Lipinski definition) is 3. The highest BCUT2D eigenvalue weighted by molar-refractivity contribution is 5.85. The summed E-state index contributed by atoms with van der Waals surface area (Å²) in [5.74, 6) is -0.114. The number of rotatable bonds is 3. The number of carboxylic acid groups (broad SMARTS) is 1. The number of carboxylic acids is 1. The summed E-state index contributed by atoms with van der Waals surface area (Å²) in [6.45, 7) is 1.91. The van der Waals surface area contributed by atoms with E-state index in [2.05, 4.69) is 4.98 Å². The predicted molar refractivity (Wildman–Crippen MR) is 54.0 cm³/mol. The Morgan fingerprint density at radius 2 is 2.20 bits per heavy atom. The Morgan fingerprint density at radius 3 is 2.73 bits per heavy atom. The molecule has 4 heteroatoms. The number of carbonyl (C=O) groups is 1. The van der Waals surface area contributed by atoms with Gasteiger partial charge in [-0.1, -0.05) is 19.8 Å². The molecule has 1 heterocycles. The maximum absolute atomic E-state index is 11.0. The highest BCUT2D eigenvalue weighted by atomic mass is 16.4. The van der Waals surface area contributed by atoms with Crippen LogP contribution >= 0.6 is 0 Å². The highest BCUT2D eigenvalue weighted by Gasteiger charge is 2.28. The highest BCUT2D eigenvalue weighted by Crippen LogP contribution is 2.35. The number of aromatic nitrogens is 1. The van der Waals surface area contributed by atoms with Crippen LogP contribution in [-0.4, -0.2) is 16.1 Å². The van der Waals surface area contributed by atoms with Gasteiger partial charge in [0.05, 0.1) is 5.69 Å². The lowest BCUT2D eigenvalue weighted by Gasteiger charge is -2.04. The molecule has 1 aromatic rings. The zero-order valence-corrected chi connectivity index (χ0v) is 8.82. The molecule has 0 amide bonds. The van der Waals surface area contributed by atoms with Crippen LogP contribution in [0.3, 0.4) is 0 Å². The van der Waals surface area contributed by atoms with Gasteiger partial charge in [-0.3, -0.25) is 0 Å². The van der Waals surface area contributed by atoms with Gasteiger partial charge < -0.3 is 9.52 Å². The normalized spacial score (nSPS) is 17.1. The summed E-state index contributed by atoms with van der Waals surface area (Å²) in [5, 5.41) is 9.00. The molecule has 0 unspecified atom stereocenters. The van der Waals surface area contributed by atoms with Gasteiger partial charge in [0.1, 0.15) is 0 Å². The third-order valence-corrected chi connectivity index (χ3v) is 2.94. The number of nitrogens with zero attached hydrogens (tertiary/aromatic N) is 1. The third kappa shape index (κ3) is 1.89. The van der Waals surface area contributed by atoms with Gasteiger partial charge in [-0.15, -0.1) is 0 Å². The lowest BCUT2D eigenvalue weighted by Crippen LogP contribution is -2.03. The van der Waals surface area contributed by atoms with Crippen molar-refractivity contribution in [3.8, 4) is 0 Å². The molecule has 1 saturated carbocycles. The van der Waals surface area contributed by atoms with Crippen molar-refractivity contribution in [2.75, 3.05) is 0 Å². The quantitative estimate of drug-likeness (QED) is 0.831. The summed E-state index contributed by atoms with van der Waals surface area (Å²) in [6.07, 6.45) is 5.05. The van der Waals surface area contributed by atoms with Crippen molar-refractivity contribution in [2.24, 2.45) is 0 Å². The monoisotopic (exact) mass is 209 g/mol. The van der Waals surface area contributed by atoms with Crippen LogP contribution in [0.2, 0.25) is 0 Å². The molecule has 1 fully saturated rings. The summed E-state index contributed by atoms with van der Waals surface area (Å²) in [5.41, 5.74) is 0.664. The van der Waals surface area contributed by atoms with E-state index in [1.54, 1.807) is 0 Å². The summed E-state index contributed by atoms with van der Waals surface area (Å²) in [6, 6.07) is 0. The number of aryl methyl sites for hydroxylation is 1.